The van der Waals surface area contributed by atoms with Gasteiger partial charge in [-0.1, -0.05) is 0 Å². The Labute approximate surface area is 296 Å². The second-order valence-corrected chi connectivity index (χ2v) is 9.49. The number of rotatable bonds is 16. The molecule has 0 atom stereocenters. The summed E-state index contributed by atoms with van der Waals surface area (Å²) in [6, 6.07) is 0. The van der Waals surface area contributed by atoms with E-state index in [0.29, 0.717) is 0 Å². The maximum Gasteiger partial charge on any atom is 0.805 e. The van der Waals surface area contributed by atoms with Gasteiger partial charge in [-0.2, -0.15) is 0 Å². The van der Waals surface area contributed by atoms with Crippen molar-refractivity contribution in [3.8, 4) is 0 Å². The lowest BCUT2D eigenvalue weighted by molar-refractivity contribution is -0.430. The summed E-state index contributed by atoms with van der Waals surface area (Å²) in [4.78, 5) is 132. The van der Waals surface area contributed by atoms with Crippen molar-refractivity contribution < 1.29 is 59.1 Å². The molecule has 0 aromatic carbocycles. The van der Waals surface area contributed by atoms with Gasteiger partial charge in [0.2, 0.25) is 0 Å². The van der Waals surface area contributed by atoms with Crippen LogP contribution in [0.2, 0.25) is 0 Å². The smallest absolute Gasteiger partial charge is 0.389 e. The largest absolute Gasteiger partial charge is 0.805 e. The first-order chi connectivity index (χ1) is 26.3. The summed E-state index contributed by atoms with van der Waals surface area (Å²) in [5.74, 6) is -34.1. The Bertz CT molecular complexity index is 2280. The molecule has 0 radical (unpaired) electrons. The van der Waals surface area contributed by atoms with Gasteiger partial charge in [-0.05, 0) is 64.1 Å². The lowest BCUT2D eigenvalue weighted by Gasteiger charge is -2.26. The average molecular weight is 819 g/mol. The van der Waals surface area contributed by atoms with Gasteiger partial charge in [0.05, 0.1) is 0 Å². The fraction of sp³-hybridized carbons (Fsp3) is 0. The van der Waals surface area contributed by atoms with Crippen LogP contribution in [0.4, 0.5) is 70.3 Å². The quantitative estimate of drug-likeness (QED) is 0.0766. The molecule has 0 aliphatic heterocycles. The van der Waals surface area contributed by atoms with Crippen molar-refractivity contribution in [3.63, 3.8) is 0 Å². The van der Waals surface area contributed by atoms with Gasteiger partial charge in [0.1, 0.15) is 0 Å². The second kappa shape index (κ2) is 13.0. The summed E-state index contributed by atoms with van der Waals surface area (Å²) in [6.07, 6.45) is 0. The van der Waals surface area contributed by atoms with Gasteiger partial charge in [-0.15, -0.1) is 0 Å². The van der Waals surface area contributed by atoms with Crippen molar-refractivity contribution in [2.24, 2.45) is 0 Å². The predicted molar refractivity (Wildman–Crippen MR) is 156 cm³/mol. The van der Waals surface area contributed by atoms with Gasteiger partial charge >= 0.3 is 77.0 Å². The van der Waals surface area contributed by atoms with Gasteiger partial charge in [0, 0.05) is 15.0 Å². The van der Waals surface area contributed by atoms with Crippen LogP contribution in [0.25, 0.3) is 0 Å². The van der Waals surface area contributed by atoms with Crippen molar-refractivity contribution in [3.05, 3.63) is 121 Å². The van der Waals surface area contributed by atoms with Gasteiger partial charge in [0.25, 0.3) is 0 Å². The second-order valence-electron chi connectivity index (χ2n) is 9.49. The predicted octanol–water partition coefficient (Wildman–Crippen LogP) is -0.700. The fourth-order valence-electron chi connectivity index (χ4n) is 5.26. The van der Waals surface area contributed by atoms with Gasteiger partial charge in [0.15, 0.2) is 0 Å². The summed E-state index contributed by atoms with van der Waals surface area (Å²) in [7, 11) is 0. The van der Waals surface area contributed by atoms with Crippen molar-refractivity contribution >= 4 is 77.0 Å². The van der Waals surface area contributed by atoms with Gasteiger partial charge < -0.3 is 121 Å². The monoisotopic (exact) mass is 819 g/mol. The highest BCUT2D eigenvalue weighted by Gasteiger charge is 2.78. The molecule has 4 aromatic heterocycles. The molecule has 0 amide bonds. The molecule has 0 aliphatic rings. The van der Waals surface area contributed by atoms with Crippen LogP contribution in [0, 0.1) is 121 Å². The van der Waals surface area contributed by atoms with E-state index in [2.05, 4.69) is 19.9 Å². The number of aromatic nitrogens is 8. The Morgan fingerprint density at radius 2 is 0.439 bits per heavy atom. The minimum absolute atomic E-state index is 1.54. The molecule has 45 heteroatoms. The van der Waals surface area contributed by atoms with Crippen molar-refractivity contribution in [2.45, 2.75) is 0 Å². The van der Waals surface area contributed by atoms with Crippen LogP contribution >= 0.6 is 0 Å². The molecule has 0 unspecified atom stereocenters. The molecule has 0 N–H and O–H groups in total. The minimum atomic E-state index is -7.09. The summed E-state index contributed by atoms with van der Waals surface area (Å²) < 4.78 is -6.17. The van der Waals surface area contributed by atoms with Crippen LogP contribution in [0.3, 0.4) is 0 Å². The van der Waals surface area contributed by atoms with E-state index in [0.717, 1.165) is 0 Å². The number of hydrogen-bond donors (Lipinski definition) is 0. The van der Waals surface area contributed by atoms with Crippen LogP contribution in [-0.2, 0) is 0 Å². The summed E-state index contributed by atoms with van der Waals surface area (Å²) in [5, 5.41) is 149. The average Bonchev–Trinajstić information content (AvgIpc) is 3.86. The molecule has 0 saturated carbocycles. The van der Waals surface area contributed by atoms with E-state index < -0.39 is 154 Å². The first kappa shape index (κ1) is 39.5. The first-order valence-corrected chi connectivity index (χ1v) is 12.7. The van der Waals surface area contributed by atoms with E-state index in [1.54, 1.807) is 0 Å². The molecule has 0 bridgehead atoms. The zero-order chi connectivity index (χ0) is 43.5. The Kier molecular flexibility index (Phi) is 9.03. The molecule has 0 fully saturated rings. The van der Waals surface area contributed by atoms with Crippen LogP contribution in [0.5, 0.6) is 0 Å². The molecule has 296 valence electrons. The number of hydrogen-bond acceptors (Lipinski definition) is 28. The highest BCUT2D eigenvalue weighted by atomic mass is 16.7. The Morgan fingerprint density at radius 1 is 0.281 bits per heavy atom. The van der Waals surface area contributed by atoms with E-state index in [1.807, 2.05) is 0 Å². The third-order valence-corrected chi connectivity index (χ3v) is 6.82. The van der Waals surface area contributed by atoms with Crippen LogP contribution in [0.15, 0.2) is 0 Å². The molecule has 44 nitrogen and oxygen atoms in total. The molecule has 0 spiro atoms. The van der Waals surface area contributed by atoms with Crippen LogP contribution in [0.1, 0.15) is 0 Å². The standard InChI is InChI=1S/C12BN20O24/c34-22(35)1-5(26(42)43)18(9(14-1)30(50)51)13(19-6(27(44)45)2(23(36)37)15-10(19)31(52)53,20-7(28(46)47)3(24(38)39)16-11(20)32(54)55)21-8(29(48)49)4(25(40)41)17-12(21)33(56)57/q-1. The van der Waals surface area contributed by atoms with E-state index >= 15 is 0 Å². The van der Waals surface area contributed by atoms with E-state index in [9.17, 15) is 121 Å². The maximum absolute atomic E-state index is 12.6. The number of nitro groups is 12. The normalized spacial score (nSPS) is 11.1. The minimum Gasteiger partial charge on any atom is -0.389 e. The summed E-state index contributed by atoms with van der Waals surface area (Å²) in [6.45, 7) is -7.09. The topological polar surface area (TPSA) is 589 Å². The highest BCUT2D eigenvalue weighted by Crippen LogP contribution is 2.49. The fourth-order valence-corrected chi connectivity index (χ4v) is 5.26. The SMILES string of the molecule is O=[N+]([O-])c1nc([N+](=O)[O-])n([B-](n2c([N+](=O)[O-])nc([N+](=O)[O-])c2[N+](=O)[O-])(n2c([N+](=O)[O-])nc([N+](=O)[O-])c2[N+](=O)[O-])n2c([N+](=O)[O-])nc([N+](=O)[O-])c2[N+](=O)[O-])c1[N+](=O)[O-]. The van der Waals surface area contributed by atoms with Gasteiger partial charge in [-0.25, -0.2) is 17.9 Å². The van der Waals surface area contributed by atoms with E-state index in [1.165, 1.54) is 0 Å². The first-order valence-electron chi connectivity index (χ1n) is 12.7. The third-order valence-electron chi connectivity index (χ3n) is 6.82. The van der Waals surface area contributed by atoms with Gasteiger partial charge in [-0.3, -0.25) is 0 Å². The molecule has 57 heavy (non-hydrogen) atoms. The Morgan fingerprint density at radius 3 is 0.544 bits per heavy atom. The summed E-state index contributed by atoms with van der Waals surface area (Å²) in [5.41, 5.74) is 0. The maximum atomic E-state index is 12.6. The highest BCUT2D eigenvalue weighted by molar-refractivity contribution is 6.77. The molecular weight excluding hydrogens is 819 g/mol. The Hall–Kier alpha value is -10.3. The van der Waals surface area contributed by atoms with Crippen LogP contribution < -0.4 is 0 Å². The van der Waals surface area contributed by atoms with Crippen molar-refractivity contribution in [2.75, 3.05) is 0 Å². The van der Waals surface area contributed by atoms with E-state index in [-0.39, 0.29) is 0 Å². The molecule has 4 aromatic rings. The molecule has 0 aliphatic carbocycles. The molecule has 4 rings (SSSR count). The van der Waals surface area contributed by atoms with Crippen LogP contribution in [-0.4, -0.2) is 104 Å². The third kappa shape index (κ3) is 5.52. The van der Waals surface area contributed by atoms with Crippen molar-refractivity contribution in [1.29, 1.82) is 0 Å². The molecular formula is C12BN20O24-. The Balaban J connectivity index is 2.94. The molecule has 0 saturated heterocycles. The zero-order valence-corrected chi connectivity index (χ0v) is 25.3. The van der Waals surface area contributed by atoms with Crippen molar-refractivity contribution in [1.82, 2.24) is 37.8 Å². The zero-order valence-electron chi connectivity index (χ0n) is 25.3. The number of nitrogens with zero attached hydrogens (tertiary/aromatic N) is 20. The summed E-state index contributed by atoms with van der Waals surface area (Å²) >= 11 is 0. The lowest BCUT2D eigenvalue weighted by Crippen LogP contribution is -2.65. The lowest BCUT2D eigenvalue weighted by atomic mass is 9.70. The number of imidazole rings is 4. The van der Waals surface area contributed by atoms with E-state index in [4.69, 9.17) is 0 Å². The molecule has 4 heterocycles.